The molecule has 0 saturated carbocycles. The predicted molar refractivity (Wildman–Crippen MR) is 92.0 cm³/mol. The summed E-state index contributed by atoms with van der Waals surface area (Å²) in [5.74, 6) is 0.696. The highest BCUT2D eigenvalue weighted by molar-refractivity contribution is 5.94. The van der Waals surface area contributed by atoms with Crippen LogP contribution >= 0.6 is 0 Å². The Labute approximate surface area is 137 Å². The Morgan fingerprint density at radius 3 is 2.43 bits per heavy atom. The Bertz CT molecular complexity index is 691. The minimum Gasteiger partial charge on any atom is -0.497 e. The fourth-order valence-corrected chi connectivity index (χ4v) is 3.13. The summed E-state index contributed by atoms with van der Waals surface area (Å²) in [5.41, 5.74) is 4.73. The van der Waals surface area contributed by atoms with Gasteiger partial charge in [-0.2, -0.15) is 0 Å². The smallest absolute Gasteiger partial charge is 0.251 e. The minimum atomic E-state index is -0.0575. The third-order valence-corrected chi connectivity index (χ3v) is 4.57. The standard InChI is InChI=1S/C20H23NO2/c1-14(17-8-7-15-5-3-4-6-18(15)13-17)21-20(22)16-9-11-19(23-2)12-10-16/h7-14H,3-6H2,1-2H3,(H,21,22)/t14-/m1/s1. The molecule has 0 unspecified atom stereocenters. The molecule has 0 spiro atoms. The first-order valence-electron chi connectivity index (χ1n) is 8.24. The lowest BCUT2D eigenvalue weighted by atomic mass is 9.89. The van der Waals surface area contributed by atoms with E-state index < -0.39 is 0 Å². The van der Waals surface area contributed by atoms with E-state index in [2.05, 4.69) is 23.5 Å². The number of nitrogens with one attached hydrogen (secondary N) is 1. The van der Waals surface area contributed by atoms with Crippen molar-refractivity contribution in [3.63, 3.8) is 0 Å². The zero-order valence-corrected chi connectivity index (χ0v) is 13.8. The average Bonchev–Trinajstić information content (AvgIpc) is 2.61. The van der Waals surface area contributed by atoms with E-state index in [1.165, 1.54) is 36.0 Å². The number of aryl methyl sites for hydroxylation is 2. The zero-order valence-electron chi connectivity index (χ0n) is 13.8. The van der Waals surface area contributed by atoms with Crippen molar-refractivity contribution in [2.75, 3.05) is 7.11 Å². The van der Waals surface area contributed by atoms with Crippen LogP contribution in [-0.2, 0) is 12.8 Å². The molecule has 1 aliphatic carbocycles. The highest BCUT2D eigenvalue weighted by Crippen LogP contribution is 2.25. The van der Waals surface area contributed by atoms with Gasteiger partial charge in [-0.15, -0.1) is 0 Å². The molecule has 1 aliphatic rings. The Morgan fingerprint density at radius 1 is 1.04 bits per heavy atom. The van der Waals surface area contributed by atoms with Gasteiger partial charge in [-0.25, -0.2) is 0 Å². The van der Waals surface area contributed by atoms with Gasteiger partial charge in [-0.05, 0) is 73.6 Å². The van der Waals surface area contributed by atoms with Gasteiger partial charge in [0.2, 0.25) is 0 Å². The van der Waals surface area contributed by atoms with Gasteiger partial charge in [0.25, 0.3) is 5.91 Å². The molecule has 0 aromatic heterocycles. The molecule has 0 radical (unpaired) electrons. The number of benzene rings is 2. The van der Waals surface area contributed by atoms with Crippen molar-refractivity contribution in [2.24, 2.45) is 0 Å². The van der Waals surface area contributed by atoms with Gasteiger partial charge in [0, 0.05) is 5.56 Å². The second kappa shape index (κ2) is 6.86. The van der Waals surface area contributed by atoms with Crippen molar-refractivity contribution in [3.05, 3.63) is 64.7 Å². The Balaban J connectivity index is 1.70. The summed E-state index contributed by atoms with van der Waals surface area (Å²) >= 11 is 0. The average molecular weight is 309 g/mol. The predicted octanol–water partition coefficient (Wildman–Crippen LogP) is 4.07. The van der Waals surface area contributed by atoms with Gasteiger partial charge in [0.05, 0.1) is 13.2 Å². The van der Waals surface area contributed by atoms with Crippen LogP contribution in [0, 0.1) is 0 Å². The van der Waals surface area contributed by atoms with E-state index >= 15 is 0 Å². The summed E-state index contributed by atoms with van der Waals surface area (Å²) in [6.07, 6.45) is 4.89. The summed E-state index contributed by atoms with van der Waals surface area (Å²) in [5, 5.41) is 3.08. The first-order valence-corrected chi connectivity index (χ1v) is 8.24. The van der Waals surface area contributed by atoms with Gasteiger partial charge < -0.3 is 10.1 Å². The van der Waals surface area contributed by atoms with E-state index in [1.54, 1.807) is 31.4 Å². The van der Waals surface area contributed by atoms with Crippen LogP contribution in [0.3, 0.4) is 0 Å². The molecule has 3 heteroatoms. The number of hydrogen-bond acceptors (Lipinski definition) is 2. The number of ether oxygens (including phenoxy) is 1. The first-order chi connectivity index (χ1) is 11.2. The molecule has 3 nitrogen and oxygen atoms in total. The van der Waals surface area contributed by atoms with Crippen molar-refractivity contribution < 1.29 is 9.53 Å². The molecule has 2 aromatic carbocycles. The van der Waals surface area contributed by atoms with E-state index in [0.717, 1.165) is 12.2 Å². The van der Waals surface area contributed by atoms with Crippen LogP contribution in [0.5, 0.6) is 5.75 Å². The number of carbonyl (C=O) groups excluding carboxylic acids is 1. The molecule has 0 fully saturated rings. The van der Waals surface area contributed by atoms with E-state index in [1.807, 2.05) is 6.92 Å². The van der Waals surface area contributed by atoms with Crippen LogP contribution < -0.4 is 10.1 Å². The van der Waals surface area contributed by atoms with E-state index in [9.17, 15) is 4.79 Å². The molecular weight excluding hydrogens is 286 g/mol. The molecule has 0 bridgehead atoms. The number of rotatable bonds is 4. The molecular formula is C20H23NO2. The van der Waals surface area contributed by atoms with Gasteiger partial charge in [-0.3, -0.25) is 4.79 Å². The maximum atomic E-state index is 12.4. The van der Waals surface area contributed by atoms with Crippen LogP contribution in [0.15, 0.2) is 42.5 Å². The minimum absolute atomic E-state index is 0.00294. The third-order valence-electron chi connectivity index (χ3n) is 4.57. The van der Waals surface area contributed by atoms with E-state index in [-0.39, 0.29) is 11.9 Å². The Hall–Kier alpha value is -2.29. The Kier molecular flexibility index (Phi) is 4.65. The number of hydrogen-bond donors (Lipinski definition) is 1. The number of carbonyl (C=O) groups is 1. The molecule has 0 saturated heterocycles. The monoisotopic (exact) mass is 309 g/mol. The number of fused-ring (bicyclic) bond motifs is 1. The molecule has 23 heavy (non-hydrogen) atoms. The van der Waals surface area contributed by atoms with Crippen molar-refractivity contribution >= 4 is 5.91 Å². The molecule has 3 rings (SSSR count). The van der Waals surface area contributed by atoms with Gasteiger partial charge in [0.1, 0.15) is 5.75 Å². The van der Waals surface area contributed by atoms with Crippen LogP contribution in [0.2, 0.25) is 0 Å². The number of methoxy groups -OCH3 is 1. The zero-order chi connectivity index (χ0) is 16.2. The summed E-state index contributed by atoms with van der Waals surface area (Å²) in [7, 11) is 1.62. The molecule has 0 heterocycles. The summed E-state index contributed by atoms with van der Waals surface area (Å²) in [4.78, 5) is 12.4. The lowest BCUT2D eigenvalue weighted by Crippen LogP contribution is -2.26. The summed E-state index contributed by atoms with van der Waals surface area (Å²) in [6.45, 7) is 2.03. The topological polar surface area (TPSA) is 38.3 Å². The van der Waals surface area contributed by atoms with Crippen LogP contribution in [0.25, 0.3) is 0 Å². The van der Waals surface area contributed by atoms with Crippen LogP contribution in [0.4, 0.5) is 0 Å². The third kappa shape index (κ3) is 3.55. The maximum Gasteiger partial charge on any atom is 0.251 e. The SMILES string of the molecule is COc1ccc(C(=O)N[C@H](C)c2ccc3c(c2)CCCC3)cc1. The fraction of sp³-hybridized carbons (Fsp3) is 0.350. The number of amides is 1. The van der Waals surface area contributed by atoms with Gasteiger partial charge in [-0.1, -0.05) is 18.2 Å². The van der Waals surface area contributed by atoms with Crippen molar-refractivity contribution in [2.45, 2.75) is 38.6 Å². The lowest BCUT2D eigenvalue weighted by Gasteiger charge is -2.20. The highest BCUT2D eigenvalue weighted by atomic mass is 16.5. The largest absolute Gasteiger partial charge is 0.497 e. The molecule has 1 amide bonds. The van der Waals surface area contributed by atoms with Crippen molar-refractivity contribution in [1.82, 2.24) is 5.32 Å². The second-order valence-electron chi connectivity index (χ2n) is 6.16. The summed E-state index contributed by atoms with van der Waals surface area (Å²) in [6, 6.07) is 13.8. The molecule has 1 N–H and O–H groups in total. The first kappa shape index (κ1) is 15.6. The fourth-order valence-electron chi connectivity index (χ4n) is 3.13. The second-order valence-corrected chi connectivity index (χ2v) is 6.16. The Morgan fingerprint density at radius 2 is 1.74 bits per heavy atom. The highest BCUT2D eigenvalue weighted by Gasteiger charge is 2.15. The molecule has 120 valence electrons. The molecule has 0 aliphatic heterocycles. The quantitative estimate of drug-likeness (QED) is 0.924. The van der Waals surface area contributed by atoms with Crippen LogP contribution in [0.1, 0.15) is 52.9 Å². The van der Waals surface area contributed by atoms with Crippen molar-refractivity contribution in [1.29, 1.82) is 0 Å². The van der Waals surface area contributed by atoms with Crippen molar-refractivity contribution in [3.8, 4) is 5.75 Å². The van der Waals surface area contributed by atoms with E-state index in [0.29, 0.717) is 5.56 Å². The van der Waals surface area contributed by atoms with Gasteiger partial charge >= 0.3 is 0 Å². The van der Waals surface area contributed by atoms with E-state index in [4.69, 9.17) is 4.74 Å². The maximum absolute atomic E-state index is 12.4. The van der Waals surface area contributed by atoms with Crippen LogP contribution in [-0.4, -0.2) is 13.0 Å². The lowest BCUT2D eigenvalue weighted by molar-refractivity contribution is 0.0940. The van der Waals surface area contributed by atoms with Gasteiger partial charge in [0.15, 0.2) is 0 Å². The molecule has 1 atom stereocenters. The summed E-state index contributed by atoms with van der Waals surface area (Å²) < 4.78 is 5.12. The normalized spacial score (nSPS) is 14.7. The molecule has 2 aromatic rings.